The lowest BCUT2D eigenvalue weighted by molar-refractivity contribution is -0.146. The third kappa shape index (κ3) is 3.67. The number of hydrogen-bond acceptors (Lipinski definition) is 2. The quantitative estimate of drug-likeness (QED) is 0.786. The second kappa shape index (κ2) is 5.31. The van der Waals surface area contributed by atoms with E-state index in [0.717, 1.165) is 10.0 Å². The van der Waals surface area contributed by atoms with E-state index in [1.165, 1.54) is 6.92 Å². The van der Waals surface area contributed by atoms with Gasteiger partial charge in [-0.05, 0) is 24.6 Å². The molecule has 15 heavy (non-hydrogen) atoms. The molecule has 0 aliphatic carbocycles. The second-order valence-electron chi connectivity index (χ2n) is 3.66. The van der Waals surface area contributed by atoms with Crippen molar-refractivity contribution in [2.24, 2.45) is 0 Å². The molecule has 0 amide bonds. The van der Waals surface area contributed by atoms with Gasteiger partial charge >= 0.3 is 5.97 Å². The largest absolute Gasteiger partial charge is 0.462 e. The summed E-state index contributed by atoms with van der Waals surface area (Å²) in [5.41, 5.74) is 1.16. The molecule has 0 fully saturated rings. The number of benzene rings is 1. The van der Waals surface area contributed by atoms with Gasteiger partial charge in [0.15, 0.2) is 0 Å². The Kier molecular flexibility index (Phi) is 4.33. The van der Waals surface area contributed by atoms with Crippen molar-refractivity contribution in [3.05, 3.63) is 34.3 Å². The molecule has 0 bridgehead atoms. The maximum absolute atomic E-state index is 10.8. The van der Waals surface area contributed by atoms with Gasteiger partial charge in [0.25, 0.3) is 0 Å². The number of hydrogen-bond donors (Lipinski definition) is 0. The van der Waals surface area contributed by atoms with E-state index < -0.39 is 0 Å². The van der Waals surface area contributed by atoms with E-state index in [1.54, 1.807) is 0 Å². The van der Waals surface area contributed by atoms with Crippen LogP contribution in [-0.2, 0) is 9.53 Å². The van der Waals surface area contributed by atoms with E-state index in [9.17, 15) is 4.79 Å². The summed E-state index contributed by atoms with van der Waals surface area (Å²) >= 11 is 3.42. The van der Waals surface area contributed by atoms with Crippen molar-refractivity contribution in [2.75, 3.05) is 0 Å². The molecule has 3 heteroatoms. The van der Waals surface area contributed by atoms with Crippen LogP contribution in [0.2, 0.25) is 0 Å². The summed E-state index contributed by atoms with van der Waals surface area (Å²) in [6, 6.07) is 8.04. The Hall–Kier alpha value is -0.830. The summed E-state index contributed by atoms with van der Waals surface area (Å²) in [6.45, 7) is 5.40. The van der Waals surface area contributed by atoms with Gasteiger partial charge in [0.2, 0.25) is 0 Å². The summed E-state index contributed by atoms with van der Waals surface area (Å²) in [5.74, 6) is -0.0317. The van der Waals surface area contributed by atoms with Crippen molar-refractivity contribution in [2.45, 2.75) is 32.8 Å². The Morgan fingerprint density at radius 3 is 2.60 bits per heavy atom. The Morgan fingerprint density at radius 1 is 1.40 bits per heavy atom. The fourth-order valence-corrected chi connectivity index (χ4v) is 1.84. The standard InChI is InChI=1S/C12H15BrO2/c1-8(9(2)15-10(3)14)11-5-4-6-12(13)7-11/h4-9H,1-3H3/t8-,9-/m1/s1. The number of rotatable bonds is 3. The maximum atomic E-state index is 10.8. The molecule has 2 atom stereocenters. The van der Waals surface area contributed by atoms with Gasteiger partial charge in [-0.25, -0.2) is 0 Å². The molecule has 0 radical (unpaired) electrons. The highest BCUT2D eigenvalue weighted by molar-refractivity contribution is 9.10. The SMILES string of the molecule is CC(=O)O[C@H](C)[C@@H](C)c1cccc(Br)c1. The lowest BCUT2D eigenvalue weighted by Gasteiger charge is -2.20. The number of ether oxygens (including phenoxy) is 1. The average molecular weight is 271 g/mol. The fourth-order valence-electron chi connectivity index (χ4n) is 1.42. The highest BCUT2D eigenvalue weighted by atomic mass is 79.9. The highest BCUT2D eigenvalue weighted by Gasteiger charge is 2.16. The Bertz CT molecular complexity index is 349. The van der Waals surface area contributed by atoms with Gasteiger partial charge in [-0.15, -0.1) is 0 Å². The minimum atomic E-state index is -0.232. The van der Waals surface area contributed by atoms with E-state index in [1.807, 2.05) is 31.2 Å². The van der Waals surface area contributed by atoms with Crippen molar-refractivity contribution in [3.63, 3.8) is 0 Å². The summed E-state index contributed by atoms with van der Waals surface area (Å²) in [4.78, 5) is 10.8. The first-order chi connectivity index (χ1) is 7.00. The summed E-state index contributed by atoms with van der Waals surface area (Å²) < 4.78 is 6.20. The number of carbonyl (C=O) groups excluding carboxylic acids is 1. The van der Waals surface area contributed by atoms with E-state index in [2.05, 4.69) is 22.9 Å². The second-order valence-corrected chi connectivity index (χ2v) is 4.57. The zero-order valence-electron chi connectivity index (χ0n) is 9.16. The number of esters is 1. The molecule has 0 saturated heterocycles. The molecule has 1 aromatic rings. The van der Waals surface area contributed by atoms with Crippen LogP contribution in [-0.4, -0.2) is 12.1 Å². The van der Waals surface area contributed by atoms with Crippen LogP contribution in [0.5, 0.6) is 0 Å². The first-order valence-electron chi connectivity index (χ1n) is 4.93. The topological polar surface area (TPSA) is 26.3 Å². The molecule has 0 aliphatic rings. The van der Waals surface area contributed by atoms with E-state index in [-0.39, 0.29) is 18.0 Å². The number of carbonyl (C=O) groups is 1. The lowest BCUT2D eigenvalue weighted by atomic mass is 9.96. The normalized spacial score (nSPS) is 14.4. The molecule has 2 nitrogen and oxygen atoms in total. The van der Waals surface area contributed by atoms with Crippen LogP contribution in [0, 0.1) is 0 Å². The van der Waals surface area contributed by atoms with E-state index in [0.29, 0.717) is 0 Å². The van der Waals surface area contributed by atoms with Gasteiger partial charge in [-0.3, -0.25) is 4.79 Å². The molecular formula is C12H15BrO2. The molecule has 0 aliphatic heterocycles. The third-order valence-corrected chi connectivity index (χ3v) is 2.92. The zero-order chi connectivity index (χ0) is 11.4. The maximum Gasteiger partial charge on any atom is 0.302 e. The van der Waals surface area contributed by atoms with Crippen molar-refractivity contribution >= 4 is 21.9 Å². The van der Waals surface area contributed by atoms with Crippen molar-refractivity contribution in [1.82, 2.24) is 0 Å². The van der Waals surface area contributed by atoms with Gasteiger partial charge in [0, 0.05) is 17.3 Å². The highest BCUT2D eigenvalue weighted by Crippen LogP contribution is 2.24. The molecule has 1 rings (SSSR count). The minimum absolute atomic E-state index is 0.100. The van der Waals surface area contributed by atoms with Crippen LogP contribution in [0.4, 0.5) is 0 Å². The molecular weight excluding hydrogens is 256 g/mol. The van der Waals surface area contributed by atoms with Crippen molar-refractivity contribution in [3.8, 4) is 0 Å². The Morgan fingerprint density at radius 2 is 2.07 bits per heavy atom. The summed E-state index contributed by atoms with van der Waals surface area (Å²) in [6.07, 6.45) is -0.100. The molecule has 0 unspecified atom stereocenters. The first kappa shape index (κ1) is 12.2. The van der Waals surface area contributed by atoms with E-state index in [4.69, 9.17) is 4.74 Å². The molecule has 1 aromatic carbocycles. The molecule has 0 spiro atoms. The number of halogens is 1. The van der Waals surface area contributed by atoms with Crippen molar-refractivity contribution < 1.29 is 9.53 Å². The van der Waals surface area contributed by atoms with Crippen molar-refractivity contribution in [1.29, 1.82) is 0 Å². The smallest absolute Gasteiger partial charge is 0.302 e. The Balaban J connectivity index is 2.75. The van der Waals surface area contributed by atoms with E-state index >= 15 is 0 Å². The molecule has 0 saturated carbocycles. The summed E-state index contributed by atoms with van der Waals surface area (Å²) in [5, 5.41) is 0. The lowest BCUT2D eigenvalue weighted by Crippen LogP contribution is -2.19. The predicted molar refractivity (Wildman–Crippen MR) is 63.8 cm³/mol. The van der Waals surface area contributed by atoms with Crippen LogP contribution in [0.15, 0.2) is 28.7 Å². The zero-order valence-corrected chi connectivity index (χ0v) is 10.7. The molecule has 0 heterocycles. The van der Waals surface area contributed by atoms with Crippen LogP contribution in [0.3, 0.4) is 0 Å². The van der Waals surface area contributed by atoms with Gasteiger partial charge in [-0.1, -0.05) is 35.0 Å². The van der Waals surface area contributed by atoms with Crippen LogP contribution < -0.4 is 0 Å². The van der Waals surface area contributed by atoms with Gasteiger partial charge < -0.3 is 4.74 Å². The van der Waals surface area contributed by atoms with Crippen LogP contribution in [0.25, 0.3) is 0 Å². The first-order valence-corrected chi connectivity index (χ1v) is 5.72. The van der Waals surface area contributed by atoms with Crippen LogP contribution in [0.1, 0.15) is 32.3 Å². The predicted octanol–water partition coefficient (Wildman–Crippen LogP) is 3.50. The molecule has 82 valence electrons. The summed E-state index contributed by atoms with van der Waals surface area (Å²) in [7, 11) is 0. The van der Waals surface area contributed by atoms with Gasteiger partial charge in [0.1, 0.15) is 6.10 Å². The van der Waals surface area contributed by atoms with Gasteiger partial charge in [-0.2, -0.15) is 0 Å². The minimum Gasteiger partial charge on any atom is -0.462 e. The van der Waals surface area contributed by atoms with Crippen LogP contribution >= 0.6 is 15.9 Å². The average Bonchev–Trinajstić information content (AvgIpc) is 2.15. The molecule has 0 N–H and O–H groups in total. The monoisotopic (exact) mass is 270 g/mol. The third-order valence-electron chi connectivity index (χ3n) is 2.43. The molecule has 0 aromatic heterocycles. The van der Waals surface area contributed by atoms with Gasteiger partial charge in [0.05, 0.1) is 0 Å². The Labute approximate surface area is 98.8 Å². The fraction of sp³-hybridized carbons (Fsp3) is 0.417.